The van der Waals surface area contributed by atoms with E-state index in [1.807, 2.05) is 48.5 Å². The van der Waals surface area contributed by atoms with E-state index in [0.29, 0.717) is 35.3 Å². The molecule has 1 fully saturated rings. The Morgan fingerprint density at radius 1 is 1.16 bits per heavy atom. The molecule has 2 atom stereocenters. The maximum atomic E-state index is 11.2. The molecule has 0 unspecified atom stereocenters. The number of anilines is 3. The highest BCUT2D eigenvalue weighted by Gasteiger charge is 2.24. The standard InChI is InChI=1S/C27H28N8O2/c1-17(36)29-15-18-10-12-19(13-11-18)20-7-5-9-24(31-20)33-22-14-25(32-21-6-3-4-8-23(21)37)34-35-26(28-2)16-30-27(22)35/h5,7,9-14,16,21,23,37H,3-4,6,8,15H2,1H3,(H,29,36)(H,31,33)(H,32,34)/t21-,23-/m1/s1. The predicted molar refractivity (Wildman–Crippen MR) is 142 cm³/mol. The van der Waals surface area contributed by atoms with Crippen molar-refractivity contribution in [3.63, 3.8) is 0 Å². The highest BCUT2D eigenvalue weighted by atomic mass is 16.3. The molecule has 188 valence electrons. The molecule has 0 aliphatic heterocycles. The van der Waals surface area contributed by atoms with E-state index in [1.54, 1.807) is 0 Å². The van der Waals surface area contributed by atoms with Gasteiger partial charge in [-0.15, -0.1) is 4.52 Å². The predicted octanol–water partition coefficient (Wildman–Crippen LogP) is 4.44. The molecule has 0 radical (unpaired) electrons. The SMILES string of the molecule is [C-]#[N+]c1cnc2c(Nc3cccc(-c4ccc(CNC(C)=O)cc4)n3)cc(N[C@@H]3CCCC[C@H]3O)nn12. The van der Waals surface area contributed by atoms with Crippen LogP contribution in [0.15, 0.2) is 54.7 Å². The number of aliphatic hydroxyl groups is 1. The van der Waals surface area contributed by atoms with Gasteiger partial charge >= 0.3 is 0 Å². The quantitative estimate of drug-likeness (QED) is 0.279. The average Bonchev–Trinajstić information content (AvgIpc) is 3.33. The fraction of sp³-hybridized carbons (Fsp3) is 0.296. The molecule has 10 heteroatoms. The molecule has 1 aliphatic carbocycles. The van der Waals surface area contributed by atoms with Gasteiger partial charge in [0.1, 0.15) is 11.5 Å². The van der Waals surface area contributed by atoms with Crippen LogP contribution >= 0.6 is 0 Å². The number of pyridine rings is 1. The number of imidazole rings is 1. The van der Waals surface area contributed by atoms with Crippen molar-refractivity contribution in [2.45, 2.75) is 51.3 Å². The summed E-state index contributed by atoms with van der Waals surface area (Å²) in [6.07, 6.45) is 4.73. The Morgan fingerprint density at radius 3 is 2.73 bits per heavy atom. The molecular formula is C27H28N8O2. The number of rotatable bonds is 7. The molecule has 1 aliphatic rings. The molecule has 1 saturated carbocycles. The zero-order valence-corrected chi connectivity index (χ0v) is 20.5. The summed E-state index contributed by atoms with van der Waals surface area (Å²) in [6, 6.07) is 15.3. The maximum Gasteiger partial charge on any atom is 0.275 e. The number of aliphatic hydroxyl groups excluding tert-OH is 1. The number of carbonyl (C=O) groups is 1. The van der Waals surface area contributed by atoms with Gasteiger partial charge in [0.05, 0.1) is 24.0 Å². The third-order valence-electron chi connectivity index (χ3n) is 6.43. The van der Waals surface area contributed by atoms with E-state index in [4.69, 9.17) is 11.6 Å². The number of amides is 1. The normalized spacial score (nSPS) is 17.2. The maximum absolute atomic E-state index is 11.2. The van der Waals surface area contributed by atoms with Crippen LogP contribution in [0.1, 0.15) is 38.2 Å². The number of nitrogens with zero attached hydrogens (tertiary/aromatic N) is 5. The topological polar surface area (TPSA) is 121 Å². The van der Waals surface area contributed by atoms with Gasteiger partial charge in [-0.3, -0.25) is 4.79 Å². The van der Waals surface area contributed by atoms with E-state index in [9.17, 15) is 9.90 Å². The first-order valence-corrected chi connectivity index (χ1v) is 12.3. The third kappa shape index (κ3) is 5.52. The molecule has 0 spiro atoms. The van der Waals surface area contributed by atoms with Gasteiger partial charge in [0.15, 0.2) is 5.82 Å². The Hall–Kier alpha value is -4.49. The summed E-state index contributed by atoms with van der Waals surface area (Å²) >= 11 is 0. The van der Waals surface area contributed by atoms with E-state index >= 15 is 0 Å². The van der Waals surface area contributed by atoms with Crippen molar-refractivity contribution in [1.29, 1.82) is 0 Å². The minimum atomic E-state index is -0.436. The molecule has 10 nitrogen and oxygen atoms in total. The van der Waals surface area contributed by atoms with E-state index in [-0.39, 0.29) is 11.9 Å². The lowest BCUT2D eigenvalue weighted by molar-refractivity contribution is -0.119. The Morgan fingerprint density at radius 2 is 1.97 bits per heavy atom. The number of fused-ring (bicyclic) bond motifs is 1. The molecule has 1 amide bonds. The lowest BCUT2D eigenvalue weighted by atomic mass is 9.92. The lowest BCUT2D eigenvalue weighted by Gasteiger charge is -2.28. The zero-order chi connectivity index (χ0) is 25.8. The van der Waals surface area contributed by atoms with Crippen molar-refractivity contribution < 1.29 is 9.90 Å². The molecule has 0 bridgehead atoms. The van der Waals surface area contributed by atoms with Crippen molar-refractivity contribution in [1.82, 2.24) is 24.9 Å². The van der Waals surface area contributed by atoms with Gasteiger partial charge in [0, 0.05) is 25.1 Å². The summed E-state index contributed by atoms with van der Waals surface area (Å²) < 4.78 is 1.50. The van der Waals surface area contributed by atoms with Crippen molar-refractivity contribution in [2.24, 2.45) is 0 Å². The Balaban J connectivity index is 1.42. The number of aromatic nitrogens is 4. The second kappa shape index (κ2) is 10.6. The van der Waals surface area contributed by atoms with Gasteiger partial charge in [-0.1, -0.05) is 54.8 Å². The first-order chi connectivity index (χ1) is 18.0. The molecule has 0 saturated heterocycles. The van der Waals surface area contributed by atoms with Gasteiger partial charge in [-0.25, -0.2) is 9.97 Å². The lowest BCUT2D eigenvalue weighted by Crippen LogP contribution is -2.36. The molecule has 3 heterocycles. The number of hydrogen-bond donors (Lipinski definition) is 4. The monoisotopic (exact) mass is 496 g/mol. The van der Waals surface area contributed by atoms with Crippen LogP contribution in [0, 0.1) is 6.57 Å². The number of carbonyl (C=O) groups excluding carboxylic acids is 1. The number of nitrogens with one attached hydrogen (secondary N) is 3. The Bertz CT molecular complexity index is 1460. The van der Waals surface area contributed by atoms with Gasteiger partial charge < -0.3 is 25.9 Å². The third-order valence-corrected chi connectivity index (χ3v) is 6.43. The fourth-order valence-electron chi connectivity index (χ4n) is 4.49. The van der Waals surface area contributed by atoms with E-state index in [0.717, 1.165) is 42.5 Å². The van der Waals surface area contributed by atoms with Gasteiger partial charge in [0.25, 0.3) is 11.5 Å². The molecule has 5 rings (SSSR count). The molecule has 1 aromatic carbocycles. The largest absolute Gasteiger partial charge is 0.391 e. The van der Waals surface area contributed by atoms with Crippen molar-refractivity contribution in [2.75, 3.05) is 10.6 Å². The van der Waals surface area contributed by atoms with Crippen molar-refractivity contribution >= 4 is 34.7 Å². The van der Waals surface area contributed by atoms with E-state index < -0.39 is 6.10 Å². The van der Waals surface area contributed by atoms with Crippen LogP contribution in [0.2, 0.25) is 0 Å². The number of benzene rings is 1. The summed E-state index contributed by atoms with van der Waals surface area (Å²) in [4.78, 5) is 23.9. The van der Waals surface area contributed by atoms with E-state index in [2.05, 4.69) is 30.9 Å². The van der Waals surface area contributed by atoms with Crippen LogP contribution in [-0.2, 0) is 11.3 Å². The van der Waals surface area contributed by atoms with Gasteiger partial charge in [0.2, 0.25) is 5.91 Å². The Kier molecular flexibility index (Phi) is 6.96. The molecule has 37 heavy (non-hydrogen) atoms. The van der Waals surface area contributed by atoms with Crippen LogP contribution < -0.4 is 16.0 Å². The first kappa shape index (κ1) is 24.2. The van der Waals surface area contributed by atoms with Crippen molar-refractivity contribution in [3.05, 3.63) is 71.7 Å². The van der Waals surface area contributed by atoms with Gasteiger partial charge in [-0.2, -0.15) is 0 Å². The average molecular weight is 497 g/mol. The highest BCUT2D eigenvalue weighted by Crippen LogP contribution is 2.29. The summed E-state index contributed by atoms with van der Waals surface area (Å²) in [5.41, 5.74) is 3.89. The highest BCUT2D eigenvalue weighted by molar-refractivity contribution is 5.77. The van der Waals surface area contributed by atoms with Crippen LogP contribution in [0.5, 0.6) is 0 Å². The summed E-state index contributed by atoms with van der Waals surface area (Å²) in [6.45, 7) is 9.46. The Labute approximate surface area is 214 Å². The van der Waals surface area contributed by atoms with Gasteiger partial charge in [-0.05, 0) is 30.5 Å². The van der Waals surface area contributed by atoms with E-state index in [1.165, 1.54) is 17.6 Å². The second-order valence-corrected chi connectivity index (χ2v) is 9.15. The van der Waals surface area contributed by atoms with Crippen LogP contribution in [0.4, 0.5) is 23.1 Å². The van der Waals surface area contributed by atoms with Crippen LogP contribution in [0.3, 0.4) is 0 Å². The zero-order valence-electron chi connectivity index (χ0n) is 20.5. The number of hydrogen-bond acceptors (Lipinski definition) is 7. The molecular weight excluding hydrogens is 468 g/mol. The molecule has 4 N–H and O–H groups in total. The fourth-order valence-corrected chi connectivity index (χ4v) is 4.49. The molecule has 3 aromatic heterocycles. The summed E-state index contributed by atoms with van der Waals surface area (Å²) in [5, 5.41) is 24.5. The molecule has 4 aromatic rings. The smallest absolute Gasteiger partial charge is 0.275 e. The first-order valence-electron chi connectivity index (χ1n) is 12.3. The summed E-state index contributed by atoms with van der Waals surface area (Å²) in [7, 11) is 0. The second-order valence-electron chi connectivity index (χ2n) is 9.15. The summed E-state index contributed by atoms with van der Waals surface area (Å²) in [5.74, 6) is 1.40. The minimum Gasteiger partial charge on any atom is -0.391 e. The van der Waals surface area contributed by atoms with Crippen molar-refractivity contribution in [3.8, 4) is 11.3 Å². The van der Waals surface area contributed by atoms with Crippen LogP contribution in [-0.4, -0.2) is 42.7 Å². The minimum absolute atomic E-state index is 0.0657. The van der Waals surface area contributed by atoms with Crippen LogP contribution in [0.25, 0.3) is 21.7 Å².